The van der Waals surface area contributed by atoms with E-state index in [1.54, 1.807) is 6.07 Å². The normalized spacial score (nSPS) is 25.7. The zero-order chi connectivity index (χ0) is 17.8. The van der Waals surface area contributed by atoms with Crippen molar-refractivity contribution in [2.75, 3.05) is 25.5 Å². The Kier molecular flexibility index (Phi) is 5.53. The molecule has 25 heavy (non-hydrogen) atoms. The Bertz CT molecular complexity index is 647. The van der Waals surface area contributed by atoms with Gasteiger partial charge in [0.15, 0.2) is 6.54 Å². The van der Waals surface area contributed by atoms with Gasteiger partial charge in [-0.05, 0) is 44.2 Å². The summed E-state index contributed by atoms with van der Waals surface area (Å²) in [6.45, 7) is 1.39. The summed E-state index contributed by atoms with van der Waals surface area (Å²) in [7, 11) is 1.46. The minimum Gasteiger partial charge on any atom is -0.496 e. The summed E-state index contributed by atoms with van der Waals surface area (Å²) >= 11 is 0. The number of likely N-dealkylation sites (tertiary alicyclic amines) is 1. The largest absolute Gasteiger partial charge is 0.496 e. The first-order valence-corrected chi connectivity index (χ1v) is 9.05. The molecule has 3 atom stereocenters. The number of quaternary nitrogens is 1. The second kappa shape index (κ2) is 7.82. The van der Waals surface area contributed by atoms with Crippen LogP contribution in [0.5, 0.6) is 5.75 Å². The highest BCUT2D eigenvalue weighted by Crippen LogP contribution is 2.29. The van der Waals surface area contributed by atoms with Crippen molar-refractivity contribution in [2.24, 2.45) is 5.92 Å². The van der Waals surface area contributed by atoms with Gasteiger partial charge in [-0.15, -0.1) is 0 Å². The second-order valence-corrected chi connectivity index (χ2v) is 7.07. The van der Waals surface area contributed by atoms with E-state index in [0.717, 1.165) is 18.9 Å². The molecular weight excluding hydrogens is 322 g/mol. The number of carbonyl (C=O) groups is 1. The molecule has 7 heteroatoms. The van der Waals surface area contributed by atoms with Crippen molar-refractivity contribution in [1.29, 1.82) is 0 Å². The number of anilines is 1. The van der Waals surface area contributed by atoms with Crippen molar-refractivity contribution in [3.63, 3.8) is 0 Å². The molecule has 1 heterocycles. The van der Waals surface area contributed by atoms with Gasteiger partial charge in [-0.25, -0.2) is 0 Å². The quantitative estimate of drug-likeness (QED) is 0.627. The topological polar surface area (TPSA) is 85.9 Å². The Balaban J connectivity index is 1.67. The number of nitro groups is 1. The lowest BCUT2D eigenvalue weighted by Gasteiger charge is -2.40. The number of rotatable bonds is 5. The van der Waals surface area contributed by atoms with Gasteiger partial charge in [0.1, 0.15) is 11.4 Å². The standard InChI is InChI=1S/C18H25N3O4/c1-25-14-8-9-15(17(11-14)21(23)24)19-18(22)12-20-10-4-6-13-5-2-3-7-16(13)20/h8-9,11,13,16H,2-7,10,12H2,1H3,(H,19,22)/p+1/t13-,16-/m0/s1. The molecule has 1 aliphatic heterocycles. The Labute approximate surface area is 147 Å². The highest BCUT2D eigenvalue weighted by Gasteiger charge is 2.37. The molecule has 2 fully saturated rings. The lowest BCUT2D eigenvalue weighted by Crippen LogP contribution is -3.18. The summed E-state index contributed by atoms with van der Waals surface area (Å²) in [5, 5.41) is 14.0. The van der Waals surface area contributed by atoms with Gasteiger partial charge in [0.05, 0.1) is 30.7 Å². The van der Waals surface area contributed by atoms with Crippen molar-refractivity contribution in [3.05, 3.63) is 28.3 Å². The number of hydrogen-bond donors (Lipinski definition) is 2. The van der Waals surface area contributed by atoms with Crippen LogP contribution in [0, 0.1) is 16.0 Å². The smallest absolute Gasteiger partial charge is 0.296 e. The Hall–Kier alpha value is -2.15. The predicted molar refractivity (Wildman–Crippen MR) is 94.0 cm³/mol. The van der Waals surface area contributed by atoms with Crippen LogP contribution in [0.3, 0.4) is 0 Å². The van der Waals surface area contributed by atoms with E-state index in [1.807, 2.05) is 0 Å². The van der Waals surface area contributed by atoms with Gasteiger partial charge in [0.2, 0.25) is 0 Å². The number of fused-ring (bicyclic) bond motifs is 1. The Morgan fingerprint density at radius 2 is 2.08 bits per heavy atom. The maximum Gasteiger partial charge on any atom is 0.296 e. The molecular formula is C18H26N3O4+. The van der Waals surface area contributed by atoms with Crippen LogP contribution in [0.4, 0.5) is 11.4 Å². The van der Waals surface area contributed by atoms with E-state index >= 15 is 0 Å². The van der Waals surface area contributed by atoms with Gasteiger partial charge < -0.3 is 15.0 Å². The van der Waals surface area contributed by atoms with Gasteiger partial charge in [0, 0.05) is 5.92 Å². The van der Waals surface area contributed by atoms with Crippen LogP contribution in [0.1, 0.15) is 38.5 Å². The van der Waals surface area contributed by atoms with Crippen molar-refractivity contribution in [2.45, 2.75) is 44.6 Å². The van der Waals surface area contributed by atoms with E-state index in [-0.39, 0.29) is 17.3 Å². The van der Waals surface area contributed by atoms with Crippen LogP contribution < -0.4 is 15.0 Å². The first kappa shape index (κ1) is 17.7. The van der Waals surface area contributed by atoms with Crippen LogP contribution in [-0.2, 0) is 4.79 Å². The van der Waals surface area contributed by atoms with E-state index in [4.69, 9.17) is 4.74 Å². The Morgan fingerprint density at radius 1 is 1.32 bits per heavy atom. The average Bonchev–Trinajstić information content (AvgIpc) is 2.62. The number of carbonyl (C=O) groups excluding carboxylic acids is 1. The summed E-state index contributed by atoms with van der Waals surface area (Å²) in [5.74, 6) is 0.978. The third kappa shape index (κ3) is 4.10. The fourth-order valence-corrected chi connectivity index (χ4v) is 4.38. The van der Waals surface area contributed by atoms with Gasteiger partial charge in [-0.2, -0.15) is 0 Å². The molecule has 1 unspecified atom stereocenters. The molecule has 1 aliphatic carbocycles. The molecule has 7 nitrogen and oxygen atoms in total. The van der Waals surface area contributed by atoms with E-state index in [2.05, 4.69) is 5.32 Å². The fourth-order valence-electron chi connectivity index (χ4n) is 4.38. The van der Waals surface area contributed by atoms with E-state index in [1.165, 1.54) is 56.2 Å². The summed E-state index contributed by atoms with van der Waals surface area (Å²) in [6, 6.07) is 5.05. The van der Waals surface area contributed by atoms with Crippen LogP contribution in [0.2, 0.25) is 0 Å². The van der Waals surface area contributed by atoms with Crippen molar-refractivity contribution >= 4 is 17.3 Å². The van der Waals surface area contributed by atoms with Gasteiger partial charge in [-0.1, -0.05) is 6.42 Å². The third-order valence-electron chi connectivity index (χ3n) is 5.57. The first-order chi connectivity index (χ1) is 12.1. The zero-order valence-electron chi connectivity index (χ0n) is 14.6. The SMILES string of the molecule is COc1ccc(NC(=O)C[NH+]2CCC[C@@H]3CCCC[C@@H]32)c([N+](=O)[O-])c1. The van der Waals surface area contributed by atoms with E-state index in [0.29, 0.717) is 18.3 Å². The summed E-state index contributed by atoms with van der Waals surface area (Å²) < 4.78 is 5.02. The maximum atomic E-state index is 12.5. The molecule has 1 saturated carbocycles. The van der Waals surface area contributed by atoms with E-state index < -0.39 is 4.92 Å². The van der Waals surface area contributed by atoms with Gasteiger partial charge in [-0.3, -0.25) is 14.9 Å². The molecule has 2 N–H and O–H groups in total. The number of ether oxygens (including phenoxy) is 1. The minimum absolute atomic E-state index is 0.142. The number of piperidine rings is 1. The molecule has 1 saturated heterocycles. The second-order valence-electron chi connectivity index (χ2n) is 7.07. The number of nitrogens with zero attached hydrogens (tertiary/aromatic N) is 1. The molecule has 136 valence electrons. The third-order valence-corrected chi connectivity index (χ3v) is 5.57. The molecule has 3 rings (SSSR count). The monoisotopic (exact) mass is 348 g/mol. The maximum absolute atomic E-state index is 12.5. The molecule has 2 aliphatic rings. The number of nitro benzene ring substituents is 1. The number of amides is 1. The van der Waals surface area contributed by atoms with Crippen molar-refractivity contribution < 1.29 is 19.4 Å². The fraction of sp³-hybridized carbons (Fsp3) is 0.611. The summed E-state index contributed by atoms with van der Waals surface area (Å²) in [6.07, 6.45) is 7.46. The highest BCUT2D eigenvalue weighted by atomic mass is 16.6. The van der Waals surface area contributed by atoms with Crippen molar-refractivity contribution in [3.8, 4) is 5.75 Å². The lowest BCUT2D eigenvalue weighted by atomic mass is 9.78. The van der Waals surface area contributed by atoms with Crippen LogP contribution in [-0.4, -0.2) is 37.1 Å². The number of methoxy groups -OCH3 is 1. The average molecular weight is 348 g/mol. The molecule has 1 aromatic rings. The van der Waals surface area contributed by atoms with Crippen LogP contribution >= 0.6 is 0 Å². The molecule has 1 amide bonds. The summed E-state index contributed by atoms with van der Waals surface area (Å²) in [4.78, 5) is 24.6. The van der Waals surface area contributed by atoms with Crippen LogP contribution in [0.15, 0.2) is 18.2 Å². The Morgan fingerprint density at radius 3 is 2.84 bits per heavy atom. The molecule has 1 aromatic carbocycles. The lowest BCUT2D eigenvalue weighted by molar-refractivity contribution is -0.928. The number of hydrogen-bond acceptors (Lipinski definition) is 4. The predicted octanol–water partition coefficient (Wildman–Crippen LogP) is 1.78. The number of nitrogens with one attached hydrogen (secondary N) is 2. The van der Waals surface area contributed by atoms with Gasteiger partial charge >= 0.3 is 0 Å². The number of benzene rings is 1. The van der Waals surface area contributed by atoms with E-state index in [9.17, 15) is 14.9 Å². The summed E-state index contributed by atoms with van der Waals surface area (Å²) in [5.41, 5.74) is 0.0873. The molecule has 0 bridgehead atoms. The molecule has 0 aromatic heterocycles. The molecule has 0 radical (unpaired) electrons. The van der Waals surface area contributed by atoms with Crippen LogP contribution in [0.25, 0.3) is 0 Å². The zero-order valence-corrected chi connectivity index (χ0v) is 14.6. The van der Waals surface area contributed by atoms with Gasteiger partial charge in [0.25, 0.3) is 11.6 Å². The molecule has 0 spiro atoms. The van der Waals surface area contributed by atoms with Crippen molar-refractivity contribution in [1.82, 2.24) is 0 Å². The first-order valence-electron chi connectivity index (χ1n) is 9.05. The minimum atomic E-state index is -0.497. The highest BCUT2D eigenvalue weighted by molar-refractivity contribution is 5.93.